The molecule has 4 aromatic rings. The molecule has 0 unspecified atom stereocenters. The van der Waals surface area contributed by atoms with Crippen molar-refractivity contribution < 1.29 is 19.1 Å². The van der Waals surface area contributed by atoms with Crippen LogP contribution in [0.3, 0.4) is 0 Å². The van der Waals surface area contributed by atoms with E-state index in [-0.39, 0.29) is 35.1 Å². The van der Waals surface area contributed by atoms with Gasteiger partial charge in [-0.05, 0) is 41.8 Å². The van der Waals surface area contributed by atoms with Gasteiger partial charge in [0, 0.05) is 18.2 Å². The van der Waals surface area contributed by atoms with Crippen LogP contribution in [0.5, 0.6) is 0 Å². The first kappa shape index (κ1) is 21.4. The number of aliphatic hydroxyl groups excluding tert-OH is 1. The van der Waals surface area contributed by atoms with Gasteiger partial charge in [0.05, 0.1) is 18.0 Å². The lowest BCUT2D eigenvalue weighted by Gasteiger charge is -2.18. The Morgan fingerprint density at radius 2 is 1.84 bits per heavy atom. The van der Waals surface area contributed by atoms with Crippen LogP contribution >= 0.6 is 0 Å². The number of fused-ring (bicyclic) bond motifs is 1. The SMILES string of the molecule is C[C@@H](CC(=O)c1ccc(F)c(NC(=O)c2cnc3ccccn23)c1)[C@@H](O)c1ccccc1. The van der Waals surface area contributed by atoms with Gasteiger partial charge in [-0.15, -0.1) is 0 Å². The number of ketones is 1. The Morgan fingerprint density at radius 3 is 2.62 bits per heavy atom. The quantitative estimate of drug-likeness (QED) is 0.417. The fraction of sp³-hybridized carbons (Fsp3) is 0.160. The van der Waals surface area contributed by atoms with Crippen LogP contribution in [0, 0.1) is 11.7 Å². The normalized spacial score (nSPS) is 13.0. The average Bonchev–Trinajstić information content (AvgIpc) is 3.25. The summed E-state index contributed by atoms with van der Waals surface area (Å²) in [6.07, 6.45) is 2.37. The summed E-state index contributed by atoms with van der Waals surface area (Å²) in [6, 6.07) is 18.3. The maximum Gasteiger partial charge on any atom is 0.274 e. The molecule has 6 nitrogen and oxygen atoms in total. The number of rotatable bonds is 7. The molecule has 2 aromatic heterocycles. The number of carbonyl (C=O) groups excluding carboxylic acids is 2. The standard InChI is InChI=1S/C25H22FN3O3/c1-16(24(31)17-7-3-2-4-8-17)13-22(30)18-10-11-19(26)20(14-18)28-25(32)21-15-27-23-9-5-6-12-29(21)23/h2-12,14-16,24,31H,13H2,1H3,(H,28,32)/t16-,24+/m0/s1. The molecule has 162 valence electrons. The van der Waals surface area contributed by atoms with Crippen LogP contribution in [0.2, 0.25) is 0 Å². The Hall–Kier alpha value is -3.84. The molecule has 32 heavy (non-hydrogen) atoms. The second-order valence-electron chi connectivity index (χ2n) is 7.68. The molecule has 0 fully saturated rings. The highest BCUT2D eigenvalue weighted by Gasteiger charge is 2.21. The molecule has 0 aliphatic rings. The van der Waals surface area contributed by atoms with Gasteiger partial charge in [0.1, 0.15) is 17.2 Å². The van der Waals surface area contributed by atoms with Crippen molar-refractivity contribution in [1.82, 2.24) is 9.38 Å². The summed E-state index contributed by atoms with van der Waals surface area (Å²) in [6.45, 7) is 1.78. The second kappa shape index (κ2) is 9.11. The minimum absolute atomic E-state index is 0.0718. The zero-order valence-corrected chi connectivity index (χ0v) is 17.4. The van der Waals surface area contributed by atoms with Crippen molar-refractivity contribution >= 4 is 23.0 Å². The lowest BCUT2D eigenvalue weighted by atomic mass is 9.91. The number of nitrogens with one attached hydrogen (secondary N) is 1. The Labute approximate surface area is 184 Å². The summed E-state index contributed by atoms with van der Waals surface area (Å²) in [5, 5.41) is 13.0. The molecule has 2 atom stereocenters. The van der Waals surface area contributed by atoms with E-state index in [1.54, 1.807) is 47.9 Å². The van der Waals surface area contributed by atoms with E-state index in [4.69, 9.17) is 0 Å². The van der Waals surface area contributed by atoms with Gasteiger partial charge in [-0.3, -0.25) is 14.0 Å². The molecule has 1 amide bonds. The van der Waals surface area contributed by atoms with E-state index in [9.17, 15) is 19.1 Å². The van der Waals surface area contributed by atoms with Gasteiger partial charge in [-0.25, -0.2) is 9.37 Å². The third-order valence-electron chi connectivity index (χ3n) is 5.37. The third-order valence-corrected chi connectivity index (χ3v) is 5.37. The minimum Gasteiger partial charge on any atom is -0.388 e. The number of anilines is 1. The van der Waals surface area contributed by atoms with Gasteiger partial charge in [0.25, 0.3) is 5.91 Å². The monoisotopic (exact) mass is 431 g/mol. The Bertz CT molecular complexity index is 1270. The molecule has 0 saturated carbocycles. The molecule has 0 bridgehead atoms. The number of nitrogens with zero attached hydrogens (tertiary/aromatic N) is 2. The lowest BCUT2D eigenvalue weighted by Crippen LogP contribution is -2.17. The second-order valence-corrected chi connectivity index (χ2v) is 7.68. The van der Waals surface area contributed by atoms with E-state index in [0.29, 0.717) is 5.65 Å². The van der Waals surface area contributed by atoms with Crippen LogP contribution in [0.25, 0.3) is 5.65 Å². The van der Waals surface area contributed by atoms with Crippen LogP contribution in [-0.2, 0) is 0 Å². The Kier molecular flexibility index (Phi) is 6.09. The fourth-order valence-corrected chi connectivity index (χ4v) is 3.58. The molecule has 7 heteroatoms. The summed E-state index contributed by atoms with van der Waals surface area (Å²) in [5.74, 6) is -1.79. The maximum absolute atomic E-state index is 14.4. The van der Waals surface area contributed by atoms with Crippen LogP contribution in [0.4, 0.5) is 10.1 Å². The Balaban J connectivity index is 1.49. The van der Waals surface area contributed by atoms with Gasteiger partial charge in [0.2, 0.25) is 0 Å². The number of benzene rings is 2. The highest BCUT2D eigenvalue weighted by Crippen LogP contribution is 2.26. The number of hydrogen-bond donors (Lipinski definition) is 2. The molecule has 0 aliphatic heterocycles. The molecule has 2 N–H and O–H groups in total. The van der Waals surface area contributed by atoms with Crippen molar-refractivity contribution in [2.24, 2.45) is 5.92 Å². The molecular weight excluding hydrogens is 409 g/mol. The number of pyridine rings is 1. The molecule has 2 aromatic carbocycles. The first-order chi connectivity index (χ1) is 15.4. The zero-order chi connectivity index (χ0) is 22.7. The van der Waals surface area contributed by atoms with Crippen molar-refractivity contribution in [2.45, 2.75) is 19.4 Å². The van der Waals surface area contributed by atoms with Gasteiger partial charge >= 0.3 is 0 Å². The first-order valence-corrected chi connectivity index (χ1v) is 10.2. The maximum atomic E-state index is 14.4. The first-order valence-electron chi connectivity index (χ1n) is 10.2. The van der Waals surface area contributed by atoms with Crippen molar-refractivity contribution in [3.05, 3.63) is 102 Å². The number of hydrogen-bond acceptors (Lipinski definition) is 4. The lowest BCUT2D eigenvalue weighted by molar-refractivity contribution is 0.0828. The highest BCUT2D eigenvalue weighted by molar-refractivity contribution is 6.04. The van der Waals surface area contributed by atoms with Crippen LogP contribution in [-0.4, -0.2) is 26.2 Å². The van der Waals surface area contributed by atoms with E-state index < -0.39 is 17.8 Å². The number of Topliss-reactive ketones (excluding diaryl/α,β-unsaturated/α-hetero) is 1. The van der Waals surface area contributed by atoms with Crippen molar-refractivity contribution in [2.75, 3.05) is 5.32 Å². The van der Waals surface area contributed by atoms with Crippen LogP contribution < -0.4 is 5.32 Å². The van der Waals surface area contributed by atoms with Crippen molar-refractivity contribution in [3.8, 4) is 0 Å². The molecule has 0 spiro atoms. The number of aliphatic hydroxyl groups is 1. The number of imidazole rings is 1. The van der Waals surface area contributed by atoms with E-state index in [1.807, 2.05) is 18.2 Å². The fourth-order valence-electron chi connectivity index (χ4n) is 3.58. The van der Waals surface area contributed by atoms with Crippen LogP contribution in [0.1, 0.15) is 45.9 Å². The van der Waals surface area contributed by atoms with E-state index >= 15 is 0 Å². The molecular formula is C25H22FN3O3. The number of aromatic nitrogens is 2. The summed E-state index contributed by atoms with van der Waals surface area (Å²) in [4.78, 5) is 29.6. The topological polar surface area (TPSA) is 83.7 Å². The molecule has 2 heterocycles. The number of amides is 1. The van der Waals surface area contributed by atoms with Gasteiger partial charge in [-0.1, -0.05) is 43.3 Å². The van der Waals surface area contributed by atoms with E-state index in [1.165, 1.54) is 18.3 Å². The predicted molar refractivity (Wildman–Crippen MR) is 119 cm³/mol. The summed E-state index contributed by atoms with van der Waals surface area (Å²) >= 11 is 0. The van der Waals surface area contributed by atoms with Gasteiger partial charge in [-0.2, -0.15) is 0 Å². The smallest absolute Gasteiger partial charge is 0.274 e. The zero-order valence-electron chi connectivity index (χ0n) is 17.4. The Morgan fingerprint density at radius 1 is 1.09 bits per heavy atom. The van der Waals surface area contributed by atoms with Crippen molar-refractivity contribution in [3.63, 3.8) is 0 Å². The average molecular weight is 431 g/mol. The highest BCUT2D eigenvalue weighted by atomic mass is 19.1. The minimum atomic E-state index is -0.796. The largest absolute Gasteiger partial charge is 0.388 e. The van der Waals surface area contributed by atoms with Gasteiger partial charge in [0.15, 0.2) is 5.78 Å². The molecule has 0 aliphatic carbocycles. The van der Waals surface area contributed by atoms with Crippen LogP contribution in [0.15, 0.2) is 79.1 Å². The summed E-state index contributed by atoms with van der Waals surface area (Å²) < 4.78 is 16.0. The summed E-state index contributed by atoms with van der Waals surface area (Å²) in [5.41, 5.74) is 1.73. The van der Waals surface area contributed by atoms with Gasteiger partial charge < -0.3 is 10.4 Å². The number of halogens is 1. The third kappa shape index (κ3) is 4.43. The van der Waals surface area contributed by atoms with E-state index in [0.717, 1.165) is 11.6 Å². The predicted octanol–water partition coefficient (Wildman–Crippen LogP) is 4.67. The van der Waals surface area contributed by atoms with Crippen molar-refractivity contribution in [1.29, 1.82) is 0 Å². The van der Waals surface area contributed by atoms with E-state index in [2.05, 4.69) is 10.3 Å². The molecule has 0 radical (unpaired) electrons. The molecule has 4 rings (SSSR count). The number of carbonyl (C=O) groups is 2. The molecule has 0 saturated heterocycles. The summed E-state index contributed by atoms with van der Waals surface area (Å²) in [7, 11) is 0.